The van der Waals surface area contributed by atoms with Crippen LogP contribution in [-0.2, 0) is 4.79 Å². The normalized spacial score (nSPS) is 20.8. The number of carbonyl (C=O) groups is 1. The number of Topliss-reactive ketones (excluding diaryl/α,β-unsaturated/α-hetero) is 1. The van der Waals surface area contributed by atoms with Gasteiger partial charge >= 0.3 is 0 Å². The fraction of sp³-hybridized carbons (Fsp3) is 0.333. The fourth-order valence-electron chi connectivity index (χ4n) is 4.96. The number of nitriles is 1. The molecule has 0 amide bonds. The first-order valence-electron chi connectivity index (χ1n) is 12.1. The Morgan fingerprint density at radius 1 is 1.12 bits per heavy atom. The average molecular weight is 453 g/mol. The van der Waals surface area contributed by atoms with Gasteiger partial charge in [0.15, 0.2) is 5.78 Å². The van der Waals surface area contributed by atoms with E-state index >= 15 is 0 Å². The Balaban J connectivity index is 1.84. The number of benzene rings is 2. The molecule has 0 saturated heterocycles. The van der Waals surface area contributed by atoms with Crippen molar-refractivity contribution in [3.63, 3.8) is 0 Å². The summed E-state index contributed by atoms with van der Waals surface area (Å²) in [6.07, 6.45) is 8.61. The van der Waals surface area contributed by atoms with Crippen LogP contribution in [0.15, 0.2) is 71.8 Å². The van der Waals surface area contributed by atoms with Gasteiger partial charge in [0.2, 0.25) is 0 Å². The second-order valence-corrected chi connectivity index (χ2v) is 9.41. The van der Waals surface area contributed by atoms with Gasteiger partial charge in [-0.3, -0.25) is 4.79 Å². The molecular formula is C30H32N2O2. The van der Waals surface area contributed by atoms with Crippen molar-refractivity contribution in [3.05, 3.63) is 94.1 Å². The Labute approximate surface area is 202 Å². The SMILES string of the molecule is Cc1ccc(C2=C(c3ccc(C#N)cc3)C=C(C(=O)C3=CC[C@H](N)CCC3)C(CCO)C2)cc1. The molecule has 0 heterocycles. The number of hydrogen-bond acceptors (Lipinski definition) is 4. The number of aliphatic hydroxyl groups excluding tert-OH is 1. The number of rotatable bonds is 6. The Morgan fingerprint density at radius 3 is 2.50 bits per heavy atom. The van der Waals surface area contributed by atoms with Gasteiger partial charge in [0.05, 0.1) is 11.6 Å². The Morgan fingerprint density at radius 2 is 1.82 bits per heavy atom. The number of aliphatic hydroxyl groups is 1. The Hall–Kier alpha value is -3.26. The highest BCUT2D eigenvalue weighted by Gasteiger charge is 2.30. The molecule has 4 rings (SSSR count). The van der Waals surface area contributed by atoms with Gasteiger partial charge < -0.3 is 10.8 Å². The summed E-state index contributed by atoms with van der Waals surface area (Å²) in [5, 5.41) is 19.1. The molecule has 3 N–H and O–H groups in total. The number of nitrogens with zero attached hydrogens (tertiary/aromatic N) is 1. The third-order valence-corrected chi connectivity index (χ3v) is 6.96. The number of hydrogen-bond donors (Lipinski definition) is 2. The van der Waals surface area contributed by atoms with Gasteiger partial charge in [0.25, 0.3) is 0 Å². The van der Waals surface area contributed by atoms with E-state index < -0.39 is 0 Å². The van der Waals surface area contributed by atoms with Crippen LogP contribution in [0.2, 0.25) is 0 Å². The molecule has 0 aliphatic heterocycles. The molecule has 0 aromatic heterocycles. The van der Waals surface area contributed by atoms with Crippen LogP contribution in [0, 0.1) is 24.2 Å². The van der Waals surface area contributed by atoms with Gasteiger partial charge in [0, 0.05) is 18.2 Å². The molecule has 0 saturated carbocycles. The van der Waals surface area contributed by atoms with E-state index in [1.54, 1.807) is 0 Å². The van der Waals surface area contributed by atoms with Crippen molar-refractivity contribution in [2.45, 2.75) is 51.5 Å². The van der Waals surface area contributed by atoms with Crippen molar-refractivity contribution in [1.82, 2.24) is 0 Å². The van der Waals surface area contributed by atoms with Crippen LogP contribution in [-0.4, -0.2) is 23.5 Å². The molecule has 2 atom stereocenters. The first-order chi connectivity index (χ1) is 16.5. The minimum absolute atomic E-state index is 0.0343. The van der Waals surface area contributed by atoms with E-state index in [0.29, 0.717) is 18.4 Å². The molecule has 34 heavy (non-hydrogen) atoms. The Bertz CT molecular complexity index is 1180. The molecular weight excluding hydrogens is 420 g/mol. The van der Waals surface area contributed by atoms with Crippen LogP contribution in [0.25, 0.3) is 11.1 Å². The van der Waals surface area contributed by atoms with Crippen molar-refractivity contribution in [2.75, 3.05) is 6.61 Å². The lowest BCUT2D eigenvalue weighted by Crippen LogP contribution is -2.20. The zero-order chi connectivity index (χ0) is 24.1. The zero-order valence-electron chi connectivity index (χ0n) is 19.8. The van der Waals surface area contributed by atoms with Gasteiger partial charge in [-0.1, -0.05) is 48.0 Å². The predicted octanol–water partition coefficient (Wildman–Crippen LogP) is 5.50. The van der Waals surface area contributed by atoms with Gasteiger partial charge in [-0.25, -0.2) is 0 Å². The van der Waals surface area contributed by atoms with Crippen molar-refractivity contribution < 1.29 is 9.90 Å². The maximum Gasteiger partial charge on any atom is 0.184 e. The summed E-state index contributed by atoms with van der Waals surface area (Å²) in [5.74, 6) is 0.0374. The van der Waals surface area contributed by atoms with E-state index in [9.17, 15) is 15.2 Å². The van der Waals surface area contributed by atoms with Gasteiger partial charge in [-0.15, -0.1) is 0 Å². The van der Waals surface area contributed by atoms with Crippen LogP contribution in [0.5, 0.6) is 0 Å². The topological polar surface area (TPSA) is 87.1 Å². The zero-order valence-corrected chi connectivity index (χ0v) is 19.8. The molecule has 0 fully saturated rings. The van der Waals surface area contributed by atoms with Crippen LogP contribution in [0.1, 0.15) is 60.8 Å². The maximum absolute atomic E-state index is 13.7. The van der Waals surface area contributed by atoms with E-state index in [1.807, 2.05) is 36.4 Å². The van der Waals surface area contributed by atoms with Gasteiger partial charge in [-0.05, 0) is 97.4 Å². The molecule has 0 spiro atoms. The molecule has 2 aliphatic carbocycles. The summed E-state index contributed by atoms with van der Waals surface area (Å²) in [6.45, 7) is 2.10. The number of aryl methyl sites for hydroxylation is 1. The lowest BCUT2D eigenvalue weighted by molar-refractivity contribution is -0.113. The molecule has 0 radical (unpaired) electrons. The number of nitrogens with two attached hydrogens (primary N) is 1. The highest BCUT2D eigenvalue weighted by Crippen LogP contribution is 2.42. The van der Waals surface area contributed by atoms with E-state index in [2.05, 4.69) is 37.3 Å². The van der Waals surface area contributed by atoms with Crippen LogP contribution in [0.4, 0.5) is 0 Å². The highest BCUT2D eigenvalue weighted by atomic mass is 16.3. The molecule has 2 aromatic carbocycles. The van der Waals surface area contributed by atoms with Crippen LogP contribution in [0.3, 0.4) is 0 Å². The summed E-state index contributed by atoms with van der Waals surface area (Å²) in [7, 11) is 0. The van der Waals surface area contributed by atoms with Gasteiger partial charge in [-0.2, -0.15) is 5.26 Å². The fourth-order valence-corrected chi connectivity index (χ4v) is 4.96. The monoisotopic (exact) mass is 452 g/mol. The number of allylic oxidation sites excluding steroid dienone is 5. The van der Waals surface area contributed by atoms with Crippen molar-refractivity contribution in [3.8, 4) is 6.07 Å². The van der Waals surface area contributed by atoms with E-state index in [1.165, 1.54) is 5.56 Å². The smallest absolute Gasteiger partial charge is 0.184 e. The summed E-state index contributed by atoms with van der Waals surface area (Å²) in [5.41, 5.74) is 13.8. The second kappa shape index (κ2) is 10.8. The molecule has 4 nitrogen and oxygen atoms in total. The molecule has 4 heteroatoms. The highest BCUT2D eigenvalue weighted by molar-refractivity contribution is 6.12. The van der Waals surface area contributed by atoms with Gasteiger partial charge in [0.1, 0.15) is 0 Å². The molecule has 174 valence electrons. The molecule has 2 aliphatic rings. The average Bonchev–Trinajstić information content (AvgIpc) is 3.08. The lowest BCUT2D eigenvalue weighted by atomic mass is 9.75. The van der Waals surface area contributed by atoms with Crippen LogP contribution >= 0.6 is 0 Å². The Kier molecular flexibility index (Phi) is 7.57. The van der Waals surface area contributed by atoms with Crippen molar-refractivity contribution in [2.24, 2.45) is 11.7 Å². The van der Waals surface area contributed by atoms with Crippen molar-refractivity contribution >= 4 is 16.9 Å². The number of carbonyl (C=O) groups excluding carboxylic acids is 1. The largest absolute Gasteiger partial charge is 0.396 e. The molecule has 2 aromatic rings. The third kappa shape index (κ3) is 5.28. The van der Waals surface area contributed by atoms with E-state index in [4.69, 9.17) is 5.73 Å². The predicted molar refractivity (Wildman–Crippen MR) is 137 cm³/mol. The minimum atomic E-state index is -0.0474. The summed E-state index contributed by atoms with van der Waals surface area (Å²) in [6, 6.07) is 18.3. The summed E-state index contributed by atoms with van der Waals surface area (Å²) < 4.78 is 0. The minimum Gasteiger partial charge on any atom is -0.396 e. The lowest BCUT2D eigenvalue weighted by Gasteiger charge is -2.28. The molecule has 1 unspecified atom stereocenters. The standard InChI is InChI=1S/C30H32N2O2/c1-20-5-9-22(10-6-20)27-17-25(15-16-33)29(30(34)24-3-2-4-26(32)14-13-24)18-28(27)23-11-7-21(19-31)8-12-23/h5-13,18,25-26,33H,2-4,14-17,32H2,1H3/t25?,26-/m1/s1. The number of ketones is 1. The second-order valence-electron chi connectivity index (χ2n) is 9.41. The first kappa shape index (κ1) is 23.9. The quantitative estimate of drug-likeness (QED) is 0.606. The third-order valence-electron chi connectivity index (χ3n) is 6.96. The van der Waals surface area contributed by atoms with Crippen LogP contribution < -0.4 is 5.73 Å². The first-order valence-corrected chi connectivity index (χ1v) is 12.1. The summed E-state index contributed by atoms with van der Waals surface area (Å²) in [4.78, 5) is 13.7. The molecule has 0 bridgehead atoms. The van der Waals surface area contributed by atoms with Crippen molar-refractivity contribution in [1.29, 1.82) is 5.26 Å². The van der Waals surface area contributed by atoms with E-state index in [0.717, 1.165) is 59.1 Å². The maximum atomic E-state index is 13.7. The summed E-state index contributed by atoms with van der Waals surface area (Å²) >= 11 is 0. The van der Waals surface area contributed by atoms with E-state index in [-0.39, 0.29) is 24.3 Å².